The van der Waals surface area contributed by atoms with Gasteiger partial charge < -0.3 is 0 Å². The van der Waals surface area contributed by atoms with Crippen LogP contribution >= 0.6 is 0 Å². The molecule has 0 aliphatic carbocycles. The van der Waals surface area contributed by atoms with Gasteiger partial charge in [0.25, 0.3) is 0 Å². The molecule has 3 heteroatoms. The molecule has 47 valence electrons. The third kappa shape index (κ3) is 5.69. The Bertz CT molecular complexity index is 99.5. The van der Waals surface area contributed by atoms with Crippen molar-refractivity contribution in [1.82, 2.24) is 0 Å². The molecule has 0 atom stereocenters. The van der Waals surface area contributed by atoms with Crippen molar-refractivity contribution >= 4 is 14.1 Å². The first-order valence-corrected chi connectivity index (χ1v) is 6.10. The van der Waals surface area contributed by atoms with E-state index in [0.717, 1.165) is 0 Å². The first kappa shape index (κ1) is 7.69. The molecule has 0 bridgehead atoms. The fraction of sp³-hybridized carbons (Fsp3) is 0.800. The van der Waals surface area contributed by atoms with Gasteiger partial charge in [0.1, 0.15) is 0 Å². The summed E-state index contributed by atoms with van der Waals surface area (Å²) in [6, 6.07) is 0. The van der Waals surface area contributed by atoms with E-state index in [2.05, 4.69) is 4.66 Å². The Hall–Kier alpha value is -0.313. The van der Waals surface area contributed by atoms with Gasteiger partial charge in [-0.25, -0.2) is 0 Å². The van der Waals surface area contributed by atoms with Gasteiger partial charge in [0.05, 0.1) is 0 Å². The van der Waals surface area contributed by atoms with Gasteiger partial charge in [-0.3, -0.25) is 9.76 Å². The summed E-state index contributed by atoms with van der Waals surface area (Å²) in [5.74, 6) is -0.0378. The molecule has 2 nitrogen and oxygen atoms in total. The van der Waals surface area contributed by atoms with Crippen molar-refractivity contribution in [2.75, 3.05) is 0 Å². The van der Waals surface area contributed by atoms with Crippen molar-refractivity contribution in [2.24, 2.45) is 4.66 Å². The molecule has 0 aromatic carbocycles. The minimum atomic E-state index is -1.44. The largest absolute Gasteiger partial charge is 0.291 e. The van der Waals surface area contributed by atoms with Crippen molar-refractivity contribution in [3.05, 3.63) is 0 Å². The first-order chi connectivity index (χ1) is 3.42. The van der Waals surface area contributed by atoms with E-state index in [1.165, 1.54) is 6.92 Å². The van der Waals surface area contributed by atoms with E-state index < -0.39 is 8.24 Å². The second-order valence-electron chi connectivity index (χ2n) is 2.80. The van der Waals surface area contributed by atoms with Crippen molar-refractivity contribution in [2.45, 2.75) is 26.6 Å². The van der Waals surface area contributed by atoms with Gasteiger partial charge in [-0.05, 0) is 19.6 Å². The van der Waals surface area contributed by atoms with Crippen LogP contribution in [0.3, 0.4) is 0 Å². The maximum atomic E-state index is 10.3. The molecule has 0 aliphatic heterocycles. The van der Waals surface area contributed by atoms with E-state index >= 15 is 0 Å². The van der Waals surface area contributed by atoms with Crippen LogP contribution < -0.4 is 0 Å². The van der Waals surface area contributed by atoms with Crippen LogP contribution in [0.4, 0.5) is 0 Å². The number of rotatable bonds is 1. The lowest BCUT2D eigenvalue weighted by Crippen LogP contribution is -2.17. The van der Waals surface area contributed by atoms with Crippen molar-refractivity contribution in [1.29, 1.82) is 0 Å². The molecule has 0 N–H and O–H groups in total. The molecule has 0 heterocycles. The second-order valence-corrected chi connectivity index (χ2v) is 7.37. The van der Waals surface area contributed by atoms with Crippen molar-refractivity contribution in [3.63, 3.8) is 0 Å². The Morgan fingerprint density at radius 2 is 1.75 bits per heavy atom. The standard InChI is InChI=1S/C5H12NOSi/c1-5(7)6-8(2,3)4/h1-4H3. The van der Waals surface area contributed by atoms with Crippen LogP contribution in [0.5, 0.6) is 0 Å². The van der Waals surface area contributed by atoms with Gasteiger partial charge in [-0.15, -0.1) is 0 Å². The third-order valence-electron chi connectivity index (χ3n) is 0.493. The van der Waals surface area contributed by atoms with Gasteiger partial charge in [0.15, 0.2) is 8.24 Å². The topological polar surface area (TPSA) is 32.3 Å². The van der Waals surface area contributed by atoms with Gasteiger partial charge in [0.2, 0.25) is 5.90 Å². The second kappa shape index (κ2) is 2.30. The highest BCUT2D eigenvalue weighted by molar-refractivity contribution is 6.75. The molecule has 0 saturated carbocycles. The highest BCUT2D eigenvalue weighted by atomic mass is 28.3. The van der Waals surface area contributed by atoms with Crippen molar-refractivity contribution < 1.29 is 5.11 Å². The fourth-order valence-electron chi connectivity index (χ4n) is 0.472. The van der Waals surface area contributed by atoms with E-state index in [4.69, 9.17) is 0 Å². The van der Waals surface area contributed by atoms with E-state index in [9.17, 15) is 5.11 Å². The average Bonchev–Trinajstić information content (AvgIpc) is 1.21. The fourth-order valence-corrected chi connectivity index (χ4v) is 1.42. The smallest absolute Gasteiger partial charge is 0.229 e. The van der Waals surface area contributed by atoms with E-state index in [0.29, 0.717) is 0 Å². The SMILES string of the molecule is CC([O])=N[Si](C)(C)C. The lowest BCUT2D eigenvalue weighted by molar-refractivity contribution is 0.425. The zero-order valence-electron chi connectivity index (χ0n) is 5.86. The Balaban J connectivity index is 3.89. The molecular weight excluding hydrogens is 118 g/mol. The normalized spacial score (nSPS) is 14.2. The van der Waals surface area contributed by atoms with Crippen molar-refractivity contribution in [3.8, 4) is 0 Å². The zero-order valence-corrected chi connectivity index (χ0v) is 6.86. The highest BCUT2D eigenvalue weighted by Crippen LogP contribution is 2.00. The first-order valence-electron chi connectivity index (χ1n) is 2.65. The lowest BCUT2D eigenvalue weighted by atomic mass is 10.8. The van der Waals surface area contributed by atoms with Gasteiger partial charge in [-0.2, -0.15) is 0 Å². The summed E-state index contributed by atoms with van der Waals surface area (Å²) in [6.07, 6.45) is 0. The van der Waals surface area contributed by atoms with Crippen LogP contribution in [0, 0.1) is 0 Å². The molecule has 0 aliphatic rings. The average molecular weight is 130 g/mol. The monoisotopic (exact) mass is 130 g/mol. The summed E-state index contributed by atoms with van der Waals surface area (Å²) in [5, 5.41) is 10.3. The maximum absolute atomic E-state index is 10.3. The quantitative estimate of drug-likeness (QED) is 0.294. The summed E-state index contributed by atoms with van der Waals surface area (Å²) in [4.78, 5) is 0. The molecule has 0 saturated heterocycles. The molecule has 0 aromatic rings. The molecule has 0 fully saturated rings. The zero-order chi connectivity index (χ0) is 6.78. The Morgan fingerprint density at radius 1 is 1.38 bits per heavy atom. The minimum absolute atomic E-state index is 0.0378. The number of nitrogens with zero attached hydrogens (tertiary/aromatic N) is 1. The number of hydrogen-bond donors (Lipinski definition) is 0. The molecule has 1 radical (unpaired) electrons. The Labute approximate surface area is 51.3 Å². The van der Waals surface area contributed by atoms with E-state index in [1.807, 2.05) is 19.6 Å². The van der Waals surface area contributed by atoms with Crippen LogP contribution in [0.2, 0.25) is 19.6 Å². The van der Waals surface area contributed by atoms with Gasteiger partial charge in [0, 0.05) is 6.92 Å². The lowest BCUT2D eigenvalue weighted by Gasteiger charge is -2.05. The summed E-state index contributed by atoms with van der Waals surface area (Å²) in [6.45, 7) is 7.61. The Kier molecular flexibility index (Phi) is 2.21. The molecule has 0 aromatic heterocycles. The van der Waals surface area contributed by atoms with Crippen LogP contribution in [-0.4, -0.2) is 14.1 Å². The maximum Gasteiger partial charge on any atom is 0.229 e. The summed E-state index contributed by atoms with van der Waals surface area (Å²) >= 11 is 0. The predicted molar refractivity (Wildman–Crippen MR) is 37.1 cm³/mol. The van der Waals surface area contributed by atoms with Gasteiger partial charge in [-0.1, -0.05) is 0 Å². The van der Waals surface area contributed by atoms with Crippen LogP contribution in [0.25, 0.3) is 0 Å². The summed E-state index contributed by atoms with van der Waals surface area (Å²) in [7, 11) is -1.44. The van der Waals surface area contributed by atoms with E-state index in [1.54, 1.807) is 0 Å². The predicted octanol–water partition coefficient (Wildman–Crippen LogP) is 1.67. The molecule has 8 heavy (non-hydrogen) atoms. The Morgan fingerprint density at radius 3 is 1.75 bits per heavy atom. The van der Waals surface area contributed by atoms with E-state index in [-0.39, 0.29) is 5.90 Å². The molecule has 0 rings (SSSR count). The summed E-state index contributed by atoms with van der Waals surface area (Å²) < 4.78 is 3.91. The minimum Gasteiger partial charge on any atom is -0.291 e. The van der Waals surface area contributed by atoms with Crippen LogP contribution in [0.15, 0.2) is 4.66 Å². The molecule has 0 unspecified atom stereocenters. The highest BCUT2D eigenvalue weighted by Gasteiger charge is 2.11. The molecular formula is C5H12NOSi. The molecule has 0 amide bonds. The molecule has 0 spiro atoms. The third-order valence-corrected chi connectivity index (χ3v) is 1.48. The number of hydrogen-bond acceptors (Lipinski definition) is 1. The summed E-state index contributed by atoms with van der Waals surface area (Å²) in [5.41, 5.74) is 0. The van der Waals surface area contributed by atoms with Gasteiger partial charge >= 0.3 is 0 Å². The van der Waals surface area contributed by atoms with Crippen LogP contribution in [-0.2, 0) is 5.11 Å². The van der Waals surface area contributed by atoms with Crippen LogP contribution in [0.1, 0.15) is 6.92 Å².